The van der Waals surface area contributed by atoms with Gasteiger partial charge in [0.05, 0.1) is 41.7 Å². The van der Waals surface area contributed by atoms with Crippen molar-refractivity contribution in [2.24, 2.45) is 5.92 Å². The van der Waals surface area contributed by atoms with Crippen molar-refractivity contribution >= 4 is 45.8 Å². The number of urea groups is 2. The third-order valence-electron chi connectivity index (χ3n) is 8.24. The molecule has 1 aliphatic rings. The maximum Gasteiger partial charge on any atom is 0.416 e. The van der Waals surface area contributed by atoms with E-state index in [1.807, 2.05) is 49.4 Å². The number of carbonyl (C=O) groups excluding carboxylic acids is 3. The molecule has 4 N–H and O–H groups in total. The van der Waals surface area contributed by atoms with Crippen LogP contribution in [0.4, 0.5) is 39.8 Å². The van der Waals surface area contributed by atoms with Gasteiger partial charge in [0.15, 0.2) is 5.75 Å². The normalized spacial score (nSPS) is 17.0. The topological polar surface area (TPSA) is 123 Å². The fraction of sp³-hybridized carbons (Fsp3) is 0.286. The molecule has 4 aromatic carbocycles. The van der Waals surface area contributed by atoms with Gasteiger partial charge in [-0.3, -0.25) is 4.79 Å². The number of para-hydroxylation sites is 1. The van der Waals surface area contributed by atoms with Gasteiger partial charge in [0.1, 0.15) is 6.10 Å². The van der Waals surface area contributed by atoms with E-state index in [9.17, 15) is 32.7 Å². The van der Waals surface area contributed by atoms with Crippen LogP contribution in [-0.4, -0.2) is 71.8 Å². The second kappa shape index (κ2) is 14.2. The summed E-state index contributed by atoms with van der Waals surface area (Å²) in [7, 11) is 1.62. The molecule has 0 bridgehead atoms. The van der Waals surface area contributed by atoms with Crippen LogP contribution >= 0.6 is 0 Å². The second-order valence-corrected chi connectivity index (χ2v) is 11.8. The highest BCUT2D eigenvalue weighted by Gasteiger charge is 2.35. The van der Waals surface area contributed by atoms with Crippen LogP contribution in [0, 0.1) is 5.92 Å². The Kier molecular flexibility index (Phi) is 10.1. The number of nitrogens with zero attached hydrogens (tertiary/aromatic N) is 2. The number of amides is 5. The predicted molar refractivity (Wildman–Crippen MR) is 177 cm³/mol. The molecule has 5 rings (SSSR count). The number of hydrogen-bond acceptors (Lipinski definition) is 5. The fourth-order valence-electron chi connectivity index (χ4n) is 5.48. The number of alkyl halides is 3. The molecular weight excluding hydrogens is 627 g/mol. The molecule has 48 heavy (non-hydrogen) atoms. The van der Waals surface area contributed by atoms with Crippen LogP contribution in [0.5, 0.6) is 5.75 Å². The average molecular weight is 664 g/mol. The molecule has 0 spiro atoms. The molecule has 3 atom stereocenters. The van der Waals surface area contributed by atoms with Crippen molar-refractivity contribution in [3.05, 3.63) is 96.1 Å². The Morgan fingerprint density at radius 2 is 1.62 bits per heavy atom. The van der Waals surface area contributed by atoms with Crippen LogP contribution in [0.15, 0.2) is 84.9 Å². The van der Waals surface area contributed by atoms with Crippen LogP contribution in [0.2, 0.25) is 0 Å². The van der Waals surface area contributed by atoms with Crippen molar-refractivity contribution < 1.29 is 37.4 Å². The van der Waals surface area contributed by atoms with Gasteiger partial charge in [0.25, 0.3) is 5.91 Å². The Bertz CT molecular complexity index is 1790. The van der Waals surface area contributed by atoms with Gasteiger partial charge in [-0.1, -0.05) is 49.4 Å². The van der Waals surface area contributed by atoms with E-state index in [2.05, 4.69) is 16.0 Å². The number of nitrogens with one attached hydrogen (secondary N) is 3. The van der Waals surface area contributed by atoms with Crippen molar-refractivity contribution in [3.63, 3.8) is 0 Å². The molecule has 0 saturated carbocycles. The first kappa shape index (κ1) is 34.0. The standard InChI is InChI=1S/C35H36F3N5O5/c1-21-18-43(22(2)20-44)32(45)27-11-7-13-29(40-33(46)39-25-16-14-24(15-17-25)35(36,37)38)31(27)48-30(21)19-42(3)34(47)41-28-12-6-9-23-8-4-5-10-26(23)28/h4-17,21-22,30,44H,18-20H2,1-3H3,(H,41,47)(H2,39,40,46)/t21-,22-,30+/m0/s1. The van der Waals surface area contributed by atoms with Crippen LogP contribution in [-0.2, 0) is 6.18 Å². The fourth-order valence-corrected chi connectivity index (χ4v) is 5.48. The van der Waals surface area contributed by atoms with E-state index in [4.69, 9.17) is 4.74 Å². The summed E-state index contributed by atoms with van der Waals surface area (Å²) in [6.45, 7) is 3.60. The molecule has 1 aliphatic heterocycles. The monoisotopic (exact) mass is 663 g/mol. The van der Waals surface area contributed by atoms with Crippen molar-refractivity contribution in [3.8, 4) is 5.75 Å². The molecule has 0 fully saturated rings. The van der Waals surface area contributed by atoms with E-state index in [-0.39, 0.29) is 54.3 Å². The predicted octanol–water partition coefficient (Wildman–Crippen LogP) is 6.89. The first-order chi connectivity index (χ1) is 22.8. The summed E-state index contributed by atoms with van der Waals surface area (Å²) >= 11 is 0. The van der Waals surface area contributed by atoms with Crippen molar-refractivity contribution in [1.82, 2.24) is 9.80 Å². The number of halogens is 3. The Hall–Kier alpha value is -5.30. The molecule has 4 aromatic rings. The van der Waals surface area contributed by atoms with E-state index < -0.39 is 35.8 Å². The van der Waals surface area contributed by atoms with Crippen LogP contribution in [0.1, 0.15) is 29.8 Å². The molecular formula is C35H36F3N5O5. The summed E-state index contributed by atoms with van der Waals surface area (Å²) in [6.07, 6.45) is -5.19. The molecule has 0 unspecified atom stereocenters. The Labute approximate surface area is 275 Å². The van der Waals surface area contributed by atoms with E-state index in [0.29, 0.717) is 5.69 Å². The summed E-state index contributed by atoms with van der Waals surface area (Å²) in [4.78, 5) is 43.2. The largest absolute Gasteiger partial charge is 0.485 e. The minimum atomic E-state index is -4.52. The summed E-state index contributed by atoms with van der Waals surface area (Å²) in [5.74, 6) is -0.705. The Balaban J connectivity index is 1.40. The average Bonchev–Trinajstić information content (AvgIpc) is 3.06. The Morgan fingerprint density at radius 3 is 2.33 bits per heavy atom. The lowest BCUT2D eigenvalue weighted by Gasteiger charge is -2.38. The van der Waals surface area contributed by atoms with Crippen molar-refractivity contribution in [2.75, 3.05) is 42.7 Å². The summed E-state index contributed by atoms with van der Waals surface area (Å²) in [6, 6.07) is 20.2. The van der Waals surface area contributed by atoms with E-state index >= 15 is 0 Å². The molecule has 13 heteroatoms. The lowest BCUT2D eigenvalue weighted by atomic mass is 9.99. The van der Waals surface area contributed by atoms with Gasteiger partial charge in [0, 0.05) is 30.6 Å². The lowest BCUT2D eigenvalue weighted by molar-refractivity contribution is -0.137. The number of likely N-dealkylation sites (N-methyl/N-ethyl adjacent to an activating group) is 1. The molecule has 252 valence electrons. The number of aliphatic hydroxyl groups excluding tert-OH is 1. The van der Waals surface area contributed by atoms with Gasteiger partial charge in [-0.25, -0.2) is 9.59 Å². The summed E-state index contributed by atoms with van der Waals surface area (Å²) < 4.78 is 45.4. The molecule has 1 heterocycles. The number of rotatable bonds is 7. The number of anilines is 3. The number of ether oxygens (including phenoxy) is 1. The molecule has 0 aromatic heterocycles. The molecule has 10 nitrogen and oxygen atoms in total. The molecule has 0 aliphatic carbocycles. The molecule has 5 amide bonds. The SMILES string of the molecule is C[C@H]1CN([C@@H](C)CO)C(=O)c2cccc(NC(=O)Nc3ccc(C(F)(F)F)cc3)c2O[C@@H]1CN(C)C(=O)Nc1cccc2ccccc12. The van der Waals surface area contributed by atoms with E-state index in [1.165, 1.54) is 21.9 Å². The van der Waals surface area contributed by atoms with Crippen molar-refractivity contribution in [2.45, 2.75) is 32.2 Å². The Morgan fingerprint density at radius 1 is 0.958 bits per heavy atom. The molecule has 0 saturated heterocycles. The van der Waals surface area contributed by atoms with Crippen LogP contribution in [0.25, 0.3) is 10.8 Å². The van der Waals surface area contributed by atoms with Gasteiger partial charge >= 0.3 is 18.2 Å². The lowest BCUT2D eigenvalue weighted by Crippen LogP contribution is -2.50. The minimum absolute atomic E-state index is 0.0552. The highest BCUT2D eigenvalue weighted by Crippen LogP contribution is 2.35. The number of aliphatic hydroxyl groups is 1. The minimum Gasteiger partial charge on any atom is -0.485 e. The number of hydrogen-bond donors (Lipinski definition) is 4. The van der Waals surface area contributed by atoms with Gasteiger partial charge in [0.2, 0.25) is 0 Å². The van der Waals surface area contributed by atoms with Gasteiger partial charge in [-0.15, -0.1) is 0 Å². The zero-order valence-electron chi connectivity index (χ0n) is 26.5. The van der Waals surface area contributed by atoms with E-state index in [1.54, 1.807) is 20.0 Å². The van der Waals surface area contributed by atoms with Crippen molar-refractivity contribution in [1.29, 1.82) is 0 Å². The number of benzene rings is 4. The zero-order valence-corrected chi connectivity index (χ0v) is 26.5. The van der Waals surface area contributed by atoms with Gasteiger partial charge in [-0.2, -0.15) is 13.2 Å². The highest BCUT2D eigenvalue weighted by atomic mass is 19.4. The summed E-state index contributed by atoms with van der Waals surface area (Å²) in [5, 5.41) is 19.9. The summed E-state index contributed by atoms with van der Waals surface area (Å²) in [5.41, 5.74) is 0.152. The quantitative estimate of drug-likeness (QED) is 0.172. The van der Waals surface area contributed by atoms with Crippen LogP contribution < -0.4 is 20.7 Å². The maximum atomic E-state index is 13.8. The third-order valence-corrected chi connectivity index (χ3v) is 8.24. The maximum absolute atomic E-state index is 13.8. The van der Waals surface area contributed by atoms with Gasteiger partial charge < -0.3 is 35.6 Å². The smallest absolute Gasteiger partial charge is 0.416 e. The first-order valence-corrected chi connectivity index (χ1v) is 15.3. The second-order valence-electron chi connectivity index (χ2n) is 11.8. The third kappa shape index (κ3) is 7.63. The van der Waals surface area contributed by atoms with E-state index in [0.717, 1.165) is 35.0 Å². The molecule has 0 radical (unpaired) electrons. The zero-order chi connectivity index (χ0) is 34.6. The highest BCUT2D eigenvalue weighted by molar-refractivity contribution is 6.04. The number of carbonyl (C=O) groups is 3. The van der Waals surface area contributed by atoms with Crippen LogP contribution in [0.3, 0.4) is 0 Å². The van der Waals surface area contributed by atoms with Gasteiger partial charge in [-0.05, 0) is 54.8 Å². The number of fused-ring (bicyclic) bond motifs is 2. The first-order valence-electron chi connectivity index (χ1n) is 15.3.